The third-order valence-electron chi connectivity index (χ3n) is 3.31. The summed E-state index contributed by atoms with van der Waals surface area (Å²) >= 11 is 5.84. The minimum absolute atomic E-state index is 0.273. The molecule has 128 valence electrons. The Morgan fingerprint density at radius 1 is 1.08 bits per heavy atom. The number of carbonyl (C=O) groups excluding carboxylic acids is 1. The zero-order valence-corrected chi connectivity index (χ0v) is 14.8. The first-order valence-electron chi connectivity index (χ1n) is 7.44. The van der Waals surface area contributed by atoms with Crippen molar-refractivity contribution in [2.45, 2.75) is 12.8 Å². The minimum Gasteiger partial charge on any atom is -0.352 e. The number of hydrogen-bond donors (Lipinski definition) is 2. The number of hydrogen-bond acceptors (Lipinski definition) is 3. The highest BCUT2D eigenvalue weighted by Gasteiger charge is 2.13. The van der Waals surface area contributed by atoms with Crippen LogP contribution < -0.4 is 10.0 Å². The predicted molar refractivity (Wildman–Crippen MR) is 97.0 cm³/mol. The van der Waals surface area contributed by atoms with E-state index in [2.05, 4.69) is 10.0 Å². The predicted octanol–water partition coefficient (Wildman–Crippen LogP) is 3.07. The first-order chi connectivity index (χ1) is 11.3. The summed E-state index contributed by atoms with van der Waals surface area (Å²) in [4.78, 5) is 12.2. The standard InChI is InChI=1S/C17H19ClN2O3S/c1-24(22,23)20-16-7-3-2-6-15(16)17(21)19-12-4-5-13-8-10-14(18)11-9-13/h2-3,6-11,20H,4-5,12H2,1H3,(H,19,21). The number of anilines is 1. The van der Waals surface area contributed by atoms with Crippen LogP contribution in [-0.4, -0.2) is 27.1 Å². The molecular weight excluding hydrogens is 348 g/mol. The molecule has 0 heterocycles. The molecule has 0 atom stereocenters. The van der Waals surface area contributed by atoms with Gasteiger partial charge in [0, 0.05) is 11.6 Å². The summed E-state index contributed by atoms with van der Waals surface area (Å²) in [6.07, 6.45) is 2.64. The van der Waals surface area contributed by atoms with Crippen molar-refractivity contribution in [3.05, 3.63) is 64.7 Å². The maximum Gasteiger partial charge on any atom is 0.253 e. The van der Waals surface area contributed by atoms with Gasteiger partial charge >= 0.3 is 0 Å². The van der Waals surface area contributed by atoms with E-state index in [4.69, 9.17) is 11.6 Å². The molecule has 1 amide bonds. The molecule has 2 aromatic carbocycles. The number of sulfonamides is 1. The van der Waals surface area contributed by atoms with Gasteiger partial charge in [0.05, 0.1) is 17.5 Å². The molecule has 7 heteroatoms. The number of amides is 1. The highest BCUT2D eigenvalue weighted by atomic mass is 35.5. The van der Waals surface area contributed by atoms with Gasteiger partial charge in [-0.3, -0.25) is 9.52 Å². The van der Waals surface area contributed by atoms with Crippen molar-refractivity contribution in [1.29, 1.82) is 0 Å². The lowest BCUT2D eigenvalue weighted by Crippen LogP contribution is -2.26. The Bertz CT molecular complexity index is 805. The van der Waals surface area contributed by atoms with Crippen molar-refractivity contribution >= 4 is 33.2 Å². The summed E-state index contributed by atoms with van der Waals surface area (Å²) in [5.74, 6) is -0.308. The van der Waals surface area contributed by atoms with E-state index in [1.807, 2.05) is 24.3 Å². The second kappa shape index (κ2) is 8.17. The summed E-state index contributed by atoms with van der Waals surface area (Å²) in [5.41, 5.74) is 1.72. The second-order valence-electron chi connectivity index (χ2n) is 5.41. The maximum atomic E-state index is 12.2. The lowest BCUT2D eigenvalue weighted by molar-refractivity contribution is 0.0954. The van der Waals surface area contributed by atoms with E-state index in [-0.39, 0.29) is 11.6 Å². The number of rotatable bonds is 7. The average Bonchev–Trinajstić information content (AvgIpc) is 2.52. The summed E-state index contributed by atoms with van der Waals surface area (Å²) in [7, 11) is -3.44. The van der Waals surface area contributed by atoms with Crippen LogP contribution in [0.1, 0.15) is 22.3 Å². The van der Waals surface area contributed by atoms with Crippen LogP contribution in [0.4, 0.5) is 5.69 Å². The second-order valence-corrected chi connectivity index (χ2v) is 7.59. The van der Waals surface area contributed by atoms with Crippen molar-refractivity contribution in [3.8, 4) is 0 Å². The first-order valence-corrected chi connectivity index (χ1v) is 9.71. The van der Waals surface area contributed by atoms with Crippen LogP contribution in [0, 0.1) is 0 Å². The number of halogens is 1. The quantitative estimate of drug-likeness (QED) is 0.739. The Hall–Kier alpha value is -2.05. The number of benzene rings is 2. The summed E-state index contributed by atoms with van der Waals surface area (Å²) in [5, 5.41) is 3.50. The zero-order chi connectivity index (χ0) is 17.6. The fraction of sp³-hybridized carbons (Fsp3) is 0.235. The van der Waals surface area contributed by atoms with E-state index < -0.39 is 10.0 Å². The van der Waals surface area contributed by atoms with Crippen molar-refractivity contribution in [1.82, 2.24) is 5.32 Å². The molecule has 0 aliphatic heterocycles. The molecule has 2 N–H and O–H groups in total. The Labute approximate surface area is 147 Å². The molecule has 0 fully saturated rings. The van der Waals surface area contributed by atoms with Crippen LogP contribution in [0.5, 0.6) is 0 Å². The number of para-hydroxylation sites is 1. The number of aryl methyl sites for hydroxylation is 1. The monoisotopic (exact) mass is 366 g/mol. The van der Waals surface area contributed by atoms with Crippen LogP contribution in [0.2, 0.25) is 5.02 Å². The lowest BCUT2D eigenvalue weighted by atomic mass is 10.1. The van der Waals surface area contributed by atoms with Gasteiger partial charge in [0.1, 0.15) is 0 Å². The molecule has 2 rings (SSSR count). The SMILES string of the molecule is CS(=O)(=O)Nc1ccccc1C(=O)NCCCc1ccc(Cl)cc1. The molecule has 0 spiro atoms. The normalized spacial score (nSPS) is 11.1. The number of carbonyl (C=O) groups is 1. The van der Waals surface area contributed by atoms with Crippen molar-refractivity contribution in [2.75, 3.05) is 17.5 Å². The molecule has 0 aliphatic rings. The van der Waals surface area contributed by atoms with E-state index in [1.165, 1.54) is 0 Å². The van der Waals surface area contributed by atoms with Gasteiger partial charge < -0.3 is 5.32 Å². The fourth-order valence-electron chi connectivity index (χ4n) is 2.21. The van der Waals surface area contributed by atoms with Crippen molar-refractivity contribution < 1.29 is 13.2 Å². The summed E-state index contributed by atoms with van der Waals surface area (Å²) < 4.78 is 25.1. The average molecular weight is 367 g/mol. The van der Waals surface area contributed by atoms with E-state index in [0.29, 0.717) is 17.1 Å². The first kappa shape index (κ1) is 18.3. The largest absolute Gasteiger partial charge is 0.352 e. The van der Waals surface area contributed by atoms with E-state index >= 15 is 0 Å². The molecule has 0 unspecified atom stereocenters. The third kappa shape index (κ3) is 5.86. The van der Waals surface area contributed by atoms with E-state index in [1.54, 1.807) is 24.3 Å². The van der Waals surface area contributed by atoms with Crippen LogP contribution >= 0.6 is 11.6 Å². The Balaban J connectivity index is 1.90. The van der Waals surface area contributed by atoms with Gasteiger partial charge in [-0.15, -0.1) is 0 Å². The third-order valence-corrected chi connectivity index (χ3v) is 4.15. The molecule has 0 aliphatic carbocycles. The molecule has 0 saturated carbocycles. The Kier molecular flexibility index (Phi) is 6.23. The van der Waals surface area contributed by atoms with Gasteiger partial charge in [0.25, 0.3) is 5.91 Å². The molecule has 0 radical (unpaired) electrons. The van der Waals surface area contributed by atoms with E-state index in [9.17, 15) is 13.2 Å². The topological polar surface area (TPSA) is 75.3 Å². The molecule has 24 heavy (non-hydrogen) atoms. The van der Waals surface area contributed by atoms with Crippen molar-refractivity contribution in [3.63, 3.8) is 0 Å². The van der Waals surface area contributed by atoms with Crippen LogP contribution in [0.3, 0.4) is 0 Å². The Morgan fingerprint density at radius 3 is 2.42 bits per heavy atom. The Morgan fingerprint density at radius 2 is 1.75 bits per heavy atom. The van der Waals surface area contributed by atoms with Crippen LogP contribution in [-0.2, 0) is 16.4 Å². The number of nitrogens with one attached hydrogen (secondary N) is 2. The van der Waals surface area contributed by atoms with Gasteiger partial charge in [-0.25, -0.2) is 8.42 Å². The molecule has 0 aromatic heterocycles. The molecule has 5 nitrogen and oxygen atoms in total. The van der Waals surface area contributed by atoms with Gasteiger partial charge in [-0.05, 0) is 42.7 Å². The highest BCUT2D eigenvalue weighted by molar-refractivity contribution is 7.92. The summed E-state index contributed by atoms with van der Waals surface area (Å²) in [6, 6.07) is 14.1. The fourth-order valence-corrected chi connectivity index (χ4v) is 2.91. The van der Waals surface area contributed by atoms with Gasteiger partial charge in [-0.1, -0.05) is 35.9 Å². The highest BCUT2D eigenvalue weighted by Crippen LogP contribution is 2.16. The van der Waals surface area contributed by atoms with Gasteiger partial charge in [0.2, 0.25) is 10.0 Å². The van der Waals surface area contributed by atoms with Crippen LogP contribution in [0.25, 0.3) is 0 Å². The molecule has 2 aromatic rings. The van der Waals surface area contributed by atoms with Crippen LogP contribution in [0.15, 0.2) is 48.5 Å². The molecule has 0 saturated heterocycles. The molecular formula is C17H19ClN2O3S. The maximum absolute atomic E-state index is 12.2. The smallest absolute Gasteiger partial charge is 0.253 e. The molecule has 0 bridgehead atoms. The lowest BCUT2D eigenvalue weighted by Gasteiger charge is -2.11. The zero-order valence-electron chi connectivity index (χ0n) is 13.3. The minimum atomic E-state index is -3.44. The van der Waals surface area contributed by atoms with Crippen molar-refractivity contribution in [2.24, 2.45) is 0 Å². The van der Waals surface area contributed by atoms with E-state index in [0.717, 1.165) is 24.7 Å². The van der Waals surface area contributed by atoms with Gasteiger partial charge in [0.15, 0.2) is 0 Å². The summed E-state index contributed by atoms with van der Waals surface area (Å²) in [6.45, 7) is 0.495. The van der Waals surface area contributed by atoms with Gasteiger partial charge in [-0.2, -0.15) is 0 Å².